The number of benzene rings is 1. The van der Waals surface area contributed by atoms with Crippen LogP contribution in [0.2, 0.25) is 0 Å². The summed E-state index contributed by atoms with van der Waals surface area (Å²) >= 11 is 0. The molecule has 0 saturated carbocycles. The van der Waals surface area contributed by atoms with Crippen molar-refractivity contribution in [2.45, 2.75) is 31.6 Å². The fourth-order valence-corrected chi connectivity index (χ4v) is 3.30. The van der Waals surface area contributed by atoms with Gasteiger partial charge in [0.25, 0.3) is 5.56 Å². The summed E-state index contributed by atoms with van der Waals surface area (Å²) in [6, 6.07) is 9.07. The van der Waals surface area contributed by atoms with E-state index in [1.165, 1.54) is 6.07 Å². The van der Waals surface area contributed by atoms with Crippen molar-refractivity contribution >= 4 is 17.0 Å². The number of H-pyrrole nitrogens is 1. The predicted octanol–water partition coefficient (Wildman–Crippen LogP) is 2.45. The fourth-order valence-electron chi connectivity index (χ4n) is 3.30. The van der Waals surface area contributed by atoms with Gasteiger partial charge in [-0.3, -0.25) is 9.59 Å². The van der Waals surface area contributed by atoms with Gasteiger partial charge in [-0.15, -0.1) is 0 Å². The second kappa shape index (κ2) is 6.58. The van der Waals surface area contributed by atoms with Crippen LogP contribution in [-0.4, -0.2) is 34.0 Å². The smallest absolute Gasteiger partial charge is 0.280 e. The van der Waals surface area contributed by atoms with Crippen molar-refractivity contribution in [1.29, 1.82) is 0 Å². The summed E-state index contributed by atoms with van der Waals surface area (Å²) in [7, 11) is 0. The number of nitrogens with one attached hydrogen (secondary N) is 1. The maximum atomic E-state index is 12.5. The van der Waals surface area contributed by atoms with E-state index in [1.54, 1.807) is 0 Å². The molecule has 25 heavy (non-hydrogen) atoms. The summed E-state index contributed by atoms with van der Waals surface area (Å²) in [5.41, 5.74) is 1.35. The number of amides is 1. The highest BCUT2D eigenvalue weighted by Crippen LogP contribution is 2.29. The van der Waals surface area contributed by atoms with Crippen LogP contribution in [0.25, 0.3) is 11.1 Å². The van der Waals surface area contributed by atoms with Crippen LogP contribution in [0.15, 0.2) is 44.1 Å². The number of carbonyl (C=O) groups excluding carboxylic acids is 1. The van der Waals surface area contributed by atoms with E-state index in [0.717, 1.165) is 30.5 Å². The van der Waals surface area contributed by atoms with Crippen molar-refractivity contribution in [3.63, 3.8) is 0 Å². The van der Waals surface area contributed by atoms with Crippen molar-refractivity contribution in [2.75, 3.05) is 13.1 Å². The quantitative estimate of drug-likeness (QED) is 0.787. The maximum Gasteiger partial charge on any atom is 0.280 e. The number of nitrogens with zero attached hydrogens (tertiary/aromatic N) is 2. The number of aromatic nitrogens is 2. The third kappa shape index (κ3) is 3.35. The minimum atomic E-state index is -0.281. The number of aryl methyl sites for hydroxylation is 1. The number of fused-ring (bicyclic) bond motifs is 1. The second-order valence-electron chi connectivity index (χ2n) is 6.38. The first-order valence-corrected chi connectivity index (χ1v) is 8.49. The van der Waals surface area contributed by atoms with Crippen molar-refractivity contribution in [3.05, 3.63) is 52.3 Å². The number of piperidine rings is 1. The Morgan fingerprint density at radius 1 is 1.36 bits per heavy atom. The molecule has 7 nitrogen and oxygen atoms in total. The summed E-state index contributed by atoms with van der Waals surface area (Å²) < 4.78 is 10.9. The molecule has 3 aromatic rings. The molecule has 1 fully saturated rings. The number of rotatable bonds is 4. The Kier molecular flexibility index (Phi) is 4.13. The van der Waals surface area contributed by atoms with E-state index < -0.39 is 0 Å². The van der Waals surface area contributed by atoms with E-state index >= 15 is 0 Å². The van der Waals surface area contributed by atoms with Gasteiger partial charge in [-0.1, -0.05) is 12.1 Å². The zero-order valence-electron chi connectivity index (χ0n) is 13.7. The topological polar surface area (TPSA) is 92.3 Å². The molecule has 1 amide bonds. The van der Waals surface area contributed by atoms with Gasteiger partial charge < -0.3 is 13.8 Å². The normalized spacial score (nSPS) is 17.9. The molecule has 130 valence electrons. The van der Waals surface area contributed by atoms with E-state index in [0.29, 0.717) is 31.0 Å². The molecule has 1 N–H and O–H groups in total. The average Bonchev–Trinajstić information content (AvgIpc) is 3.25. The van der Waals surface area contributed by atoms with Gasteiger partial charge in [-0.05, 0) is 25.0 Å². The van der Waals surface area contributed by atoms with E-state index in [-0.39, 0.29) is 17.4 Å². The van der Waals surface area contributed by atoms with E-state index in [2.05, 4.69) is 10.1 Å². The van der Waals surface area contributed by atoms with Gasteiger partial charge in [0.15, 0.2) is 11.5 Å². The van der Waals surface area contributed by atoms with Crippen molar-refractivity contribution < 1.29 is 13.7 Å². The monoisotopic (exact) mass is 341 g/mol. The molecule has 1 saturated heterocycles. The van der Waals surface area contributed by atoms with Crippen LogP contribution in [-0.2, 0) is 11.2 Å². The third-order valence-corrected chi connectivity index (χ3v) is 4.59. The molecular formula is C18H19N3O4. The number of likely N-dealkylation sites (tertiary alicyclic amines) is 1. The van der Waals surface area contributed by atoms with Crippen LogP contribution in [0.1, 0.15) is 36.8 Å². The molecule has 3 heterocycles. The van der Waals surface area contributed by atoms with Crippen molar-refractivity contribution in [2.24, 2.45) is 0 Å². The lowest BCUT2D eigenvalue weighted by atomic mass is 9.97. The molecule has 0 spiro atoms. The summed E-state index contributed by atoms with van der Waals surface area (Å²) in [6.07, 6.45) is 2.63. The first-order valence-electron chi connectivity index (χ1n) is 8.49. The molecule has 0 bridgehead atoms. The van der Waals surface area contributed by atoms with Crippen LogP contribution in [0.3, 0.4) is 0 Å². The first kappa shape index (κ1) is 15.7. The molecule has 7 heteroatoms. The van der Waals surface area contributed by atoms with Gasteiger partial charge >= 0.3 is 0 Å². The maximum absolute atomic E-state index is 12.5. The van der Waals surface area contributed by atoms with Gasteiger partial charge in [-0.2, -0.15) is 5.16 Å². The first-order chi connectivity index (χ1) is 12.2. The molecule has 0 radical (unpaired) electrons. The van der Waals surface area contributed by atoms with Crippen LogP contribution in [0.4, 0.5) is 0 Å². The Labute approximate surface area is 143 Å². The van der Waals surface area contributed by atoms with Gasteiger partial charge in [0, 0.05) is 32.0 Å². The van der Waals surface area contributed by atoms with Crippen molar-refractivity contribution in [1.82, 2.24) is 15.0 Å². The van der Waals surface area contributed by atoms with Crippen LogP contribution in [0.5, 0.6) is 0 Å². The van der Waals surface area contributed by atoms with Gasteiger partial charge in [0.05, 0.1) is 5.92 Å². The van der Waals surface area contributed by atoms with E-state index in [9.17, 15) is 9.59 Å². The molecule has 1 unspecified atom stereocenters. The summed E-state index contributed by atoms with van der Waals surface area (Å²) in [4.78, 5) is 29.9. The third-order valence-electron chi connectivity index (χ3n) is 4.59. The zero-order valence-corrected chi connectivity index (χ0v) is 13.7. The van der Waals surface area contributed by atoms with Crippen LogP contribution >= 0.6 is 0 Å². The fraction of sp³-hybridized carbons (Fsp3) is 0.389. The highest BCUT2D eigenvalue weighted by molar-refractivity contribution is 5.76. The number of oxazole rings is 1. The standard InChI is InChI=1S/C18H19N3O4/c22-16-10-13(25-20-16)7-8-17(23)21-9-3-4-12(11-21)18-19-14-5-1-2-6-15(14)24-18/h1-2,5-6,10,12H,3-4,7-9,11H2,(H,20,22). The highest BCUT2D eigenvalue weighted by Gasteiger charge is 2.28. The number of hydrogen-bond donors (Lipinski definition) is 1. The lowest BCUT2D eigenvalue weighted by Gasteiger charge is -2.31. The van der Waals surface area contributed by atoms with Crippen LogP contribution in [0, 0.1) is 0 Å². The Balaban J connectivity index is 1.41. The Morgan fingerprint density at radius 2 is 2.24 bits per heavy atom. The van der Waals surface area contributed by atoms with Gasteiger partial charge in [0.2, 0.25) is 5.91 Å². The molecule has 1 aliphatic rings. The molecule has 1 aliphatic heterocycles. The Hall–Kier alpha value is -2.83. The predicted molar refractivity (Wildman–Crippen MR) is 90.2 cm³/mol. The summed E-state index contributed by atoms with van der Waals surface area (Å²) in [5, 5.41) is 2.24. The van der Waals surface area contributed by atoms with Gasteiger partial charge in [0.1, 0.15) is 11.3 Å². The SMILES string of the molecule is O=C(CCc1cc(=O)[nH]o1)N1CCCC(c2nc3ccccc3o2)C1. The lowest BCUT2D eigenvalue weighted by molar-refractivity contribution is -0.132. The van der Waals surface area contributed by atoms with Crippen LogP contribution < -0.4 is 5.56 Å². The van der Waals surface area contributed by atoms with Gasteiger partial charge in [-0.25, -0.2) is 4.98 Å². The molecular weight excluding hydrogens is 322 g/mol. The minimum absolute atomic E-state index is 0.0599. The lowest BCUT2D eigenvalue weighted by Crippen LogP contribution is -2.39. The Bertz CT molecular complexity index is 906. The summed E-state index contributed by atoms with van der Waals surface area (Å²) in [6.45, 7) is 1.36. The number of aromatic amines is 1. The summed E-state index contributed by atoms with van der Waals surface area (Å²) in [5.74, 6) is 1.39. The number of para-hydroxylation sites is 2. The largest absolute Gasteiger partial charge is 0.440 e. The molecule has 4 rings (SSSR count). The highest BCUT2D eigenvalue weighted by atomic mass is 16.5. The number of hydrogen-bond acceptors (Lipinski definition) is 5. The van der Waals surface area contributed by atoms with E-state index in [1.807, 2.05) is 29.2 Å². The van der Waals surface area contributed by atoms with Crippen molar-refractivity contribution in [3.8, 4) is 0 Å². The minimum Gasteiger partial charge on any atom is -0.440 e. The molecule has 2 aromatic heterocycles. The molecule has 1 aromatic carbocycles. The van der Waals surface area contributed by atoms with E-state index in [4.69, 9.17) is 8.94 Å². The second-order valence-corrected chi connectivity index (χ2v) is 6.38. The average molecular weight is 341 g/mol. The zero-order chi connectivity index (χ0) is 17.2. The Morgan fingerprint density at radius 3 is 3.04 bits per heavy atom. The number of carbonyl (C=O) groups is 1. The molecule has 0 aliphatic carbocycles. The molecule has 1 atom stereocenters.